The van der Waals surface area contributed by atoms with E-state index in [4.69, 9.17) is 9.47 Å². The zero-order valence-corrected chi connectivity index (χ0v) is 20.7. The standard InChI is InChI=1S/C23H24BrN5O5/c1-14-9-19(6-7-20(14)29(31)32)34-13-18-10-17(5-8-21(18)33-4)11-25-26-22(30)12-28-16(3)23(24)15(2)27-28/h5-11H,12-13H2,1-4H3,(H,26,30). The number of methoxy groups -OCH3 is 1. The molecule has 0 fully saturated rings. The van der Waals surface area contributed by atoms with Crippen molar-refractivity contribution in [2.75, 3.05) is 7.11 Å². The van der Waals surface area contributed by atoms with Gasteiger partial charge >= 0.3 is 0 Å². The first kappa shape index (κ1) is 24.9. The third-order valence-corrected chi connectivity index (χ3v) is 6.20. The van der Waals surface area contributed by atoms with Crippen molar-refractivity contribution >= 4 is 33.7 Å². The van der Waals surface area contributed by atoms with Crippen LogP contribution in [0.15, 0.2) is 46.0 Å². The van der Waals surface area contributed by atoms with Gasteiger partial charge in [0.15, 0.2) is 0 Å². The van der Waals surface area contributed by atoms with Crippen molar-refractivity contribution in [1.29, 1.82) is 0 Å². The molecule has 0 saturated carbocycles. The normalized spacial score (nSPS) is 11.0. The Labute approximate surface area is 204 Å². The van der Waals surface area contributed by atoms with Crippen LogP contribution in [0.5, 0.6) is 11.5 Å². The number of ether oxygens (including phenoxy) is 2. The lowest BCUT2D eigenvalue weighted by Gasteiger charge is -2.11. The number of nitrogens with zero attached hydrogens (tertiary/aromatic N) is 4. The molecule has 0 saturated heterocycles. The number of hydrogen-bond donors (Lipinski definition) is 1. The molecule has 178 valence electrons. The number of nitrogens with one attached hydrogen (secondary N) is 1. The molecule has 0 atom stereocenters. The van der Waals surface area contributed by atoms with E-state index in [0.717, 1.165) is 27.0 Å². The van der Waals surface area contributed by atoms with Crippen LogP contribution in [0, 0.1) is 30.9 Å². The highest BCUT2D eigenvalue weighted by Crippen LogP contribution is 2.26. The molecule has 3 rings (SSSR count). The number of amides is 1. The van der Waals surface area contributed by atoms with E-state index in [0.29, 0.717) is 17.1 Å². The first-order chi connectivity index (χ1) is 16.2. The van der Waals surface area contributed by atoms with Crippen LogP contribution in [0.1, 0.15) is 28.1 Å². The maximum absolute atomic E-state index is 12.2. The second-order valence-electron chi connectivity index (χ2n) is 7.50. The largest absolute Gasteiger partial charge is 0.496 e. The molecule has 1 N–H and O–H groups in total. The first-order valence-corrected chi connectivity index (χ1v) is 11.0. The number of rotatable bonds is 9. The van der Waals surface area contributed by atoms with Crippen LogP contribution in [-0.2, 0) is 17.9 Å². The van der Waals surface area contributed by atoms with Crippen LogP contribution in [0.25, 0.3) is 0 Å². The highest BCUT2D eigenvalue weighted by molar-refractivity contribution is 9.10. The van der Waals surface area contributed by atoms with Crippen LogP contribution < -0.4 is 14.9 Å². The molecule has 0 aliphatic rings. The van der Waals surface area contributed by atoms with Crippen molar-refractivity contribution < 1.29 is 19.2 Å². The van der Waals surface area contributed by atoms with Crippen LogP contribution in [-0.4, -0.2) is 33.9 Å². The molecule has 10 nitrogen and oxygen atoms in total. The first-order valence-electron chi connectivity index (χ1n) is 10.3. The summed E-state index contributed by atoms with van der Waals surface area (Å²) >= 11 is 3.44. The third kappa shape index (κ3) is 5.98. The van der Waals surface area contributed by atoms with Crippen LogP contribution in [0.2, 0.25) is 0 Å². The van der Waals surface area contributed by atoms with Gasteiger partial charge in [0.2, 0.25) is 0 Å². The van der Waals surface area contributed by atoms with Crippen molar-refractivity contribution in [3.63, 3.8) is 0 Å². The molecule has 11 heteroatoms. The van der Waals surface area contributed by atoms with E-state index >= 15 is 0 Å². The number of carbonyl (C=O) groups excluding carboxylic acids is 1. The maximum atomic E-state index is 12.2. The fourth-order valence-corrected chi connectivity index (χ4v) is 3.54. The molecule has 0 aliphatic heterocycles. The lowest BCUT2D eigenvalue weighted by atomic mass is 10.1. The summed E-state index contributed by atoms with van der Waals surface area (Å²) in [5.41, 5.74) is 6.20. The van der Waals surface area contributed by atoms with E-state index in [2.05, 4.69) is 31.6 Å². The quantitative estimate of drug-likeness (QED) is 0.251. The van der Waals surface area contributed by atoms with E-state index in [1.807, 2.05) is 19.9 Å². The Morgan fingerprint density at radius 2 is 2.03 bits per heavy atom. The summed E-state index contributed by atoms with van der Waals surface area (Å²) in [5.74, 6) is 0.821. The molecule has 34 heavy (non-hydrogen) atoms. The highest BCUT2D eigenvalue weighted by Gasteiger charge is 2.13. The van der Waals surface area contributed by atoms with E-state index in [9.17, 15) is 14.9 Å². The van der Waals surface area contributed by atoms with Gasteiger partial charge in [-0.25, -0.2) is 5.43 Å². The Bertz CT molecular complexity index is 1250. The van der Waals surface area contributed by atoms with E-state index in [-0.39, 0.29) is 24.7 Å². The molecule has 1 aromatic heterocycles. The van der Waals surface area contributed by atoms with Gasteiger partial charge in [-0.3, -0.25) is 19.6 Å². The predicted octanol–water partition coefficient (Wildman–Crippen LogP) is 4.22. The van der Waals surface area contributed by atoms with Crippen LogP contribution >= 0.6 is 15.9 Å². The number of nitro groups is 1. The van der Waals surface area contributed by atoms with Gasteiger partial charge in [-0.05, 0) is 72.6 Å². The number of hydrogen-bond acceptors (Lipinski definition) is 7. The molecule has 0 radical (unpaired) electrons. The summed E-state index contributed by atoms with van der Waals surface area (Å²) in [7, 11) is 1.56. The molecule has 0 aliphatic carbocycles. The fourth-order valence-electron chi connectivity index (χ4n) is 3.25. The smallest absolute Gasteiger partial charge is 0.272 e. The minimum atomic E-state index is -0.431. The van der Waals surface area contributed by atoms with Crippen molar-refractivity contribution in [2.24, 2.45) is 5.10 Å². The predicted molar refractivity (Wildman–Crippen MR) is 130 cm³/mol. The lowest BCUT2D eigenvalue weighted by molar-refractivity contribution is -0.385. The van der Waals surface area contributed by atoms with E-state index in [1.165, 1.54) is 12.3 Å². The van der Waals surface area contributed by atoms with E-state index < -0.39 is 4.92 Å². The van der Waals surface area contributed by atoms with Crippen LogP contribution in [0.3, 0.4) is 0 Å². The number of hydrazone groups is 1. The van der Waals surface area contributed by atoms with Gasteiger partial charge in [-0.1, -0.05) is 0 Å². The number of benzene rings is 2. The van der Waals surface area contributed by atoms with Gasteiger partial charge in [0.25, 0.3) is 11.6 Å². The van der Waals surface area contributed by atoms with Crippen molar-refractivity contribution in [2.45, 2.75) is 33.9 Å². The van der Waals surface area contributed by atoms with Gasteiger partial charge in [-0.15, -0.1) is 0 Å². The summed E-state index contributed by atoms with van der Waals surface area (Å²) in [6.07, 6.45) is 1.52. The molecule has 2 aromatic carbocycles. The molecular formula is C23H24BrN5O5. The zero-order valence-electron chi connectivity index (χ0n) is 19.2. The number of carbonyl (C=O) groups is 1. The molecule has 1 amide bonds. The summed E-state index contributed by atoms with van der Waals surface area (Å²) in [6, 6.07) is 9.98. The lowest BCUT2D eigenvalue weighted by Crippen LogP contribution is -2.24. The molecule has 0 unspecified atom stereocenters. The van der Waals surface area contributed by atoms with Crippen molar-refractivity contribution in [1.82, 2.24) is 15.2 Å². The summed E-state index contributed by atoms with van der Waals surface area (Å²) in [6.45, 7) is 5.62. The molecular weight excluding hydrogens is 506 g/mol. The summed E-state index contributed by atoms with van der Waals surface area (Å²) in [4.78, 5) is 22.8. The molecule has 3 aromatic rings. The van der Waals surface area contributed by atoms with Gasteiger partial charge in [0, 0.05) is 17.2 Å². The molecule has 0 spiro atoms. The van der Waals surface area contributed by atoms with Gasteiger partial charge in [0.05, 0.1) is 34.1 Å². The zero-order chi connectivity index (χ0) is 24.8. The fraction of sp³-hybridized carbons (Fsp3) is 0.261. The van der Waals surface area contributed by atoms with E-state index in [1.54, 1.807) is 43.0 Å². The molecule has 0 bridgehead atoms. The highest BCUT2D eigenvalue weighted by atomic mass is 79.9. The average molecular weight is 530 g/mol. The monoisotopic (exact) mass is 529 g/mol. The Morgan fingerprint density at radius 3 is 2.65 bits per heavy atom. The van der Waals surface area contributed by atoms with Gasteiger partial charge < -0.3 is 9.47 Å². The number of aromatic nitrogens is 2. The topological polar surface area (TPSA) is 121 Å². The maximum Gasteiger partial charge on any atom is 0.272 e. The second kappa shape index (κ2) is 10.9. The van der Waals surface area contributed by atoms with Gasteiger partial charge in [0.1, 0.15) is 24.7 Å². The number of nitro benzene ring substituents is 1. The second-order valence-corrected chi connectivity index (χ2v) is 8.29. The summed E-state index contributed by atoms with van der Waals surface area (Å²) < 4.78 is 13.7. The molecule has 1 heterocycles. The van der Waals surface area contributed by atoms with Crippen molar-refractivity contribution in [3.05, 3.63) is 79.1 Å². The third-order valence-electron chi connectivity index (χ3n) is 5.05. The number of aryl methyl sites for hydroxylation is 2. The van der Waals surface area contributed by atoms with Crippen molar-refractivity contribution in [3.8, 4) is 11.5 Å². The Hall–Kier alpha value is -3.73. The van der Waals surface area contributed by atoms with Crippen LogP contribution in [0.4, 0.5) is 5.69 Å². The Morgan fingerprint density at radius 1 is 1.26 bits per heavy atom. The minimum Gasteiger partial charge on any atom is -0.496 e. The Kier molecular flexibility index (Phi) is 8.00. The summed E-state index contributed by atoms with van der Waals surface area (Å²) in [5, 5.41) is 19.3. The Balaban J connectivity index is 1.64. The number of halogens is 1. The average Bonchev–Trinajstić information content (AvgIpc) is 3.03. The SMILES string of the molecule is COc1ccc(C=NNC(=O)Cn2nc(C)c(Br)c2C)cc1COc1ccc([N+](=O)[O-])c(C)c1. The minimum absolute atomic E-state index is 0.0377. The van der Waals surface area contributed by atoms with Gasteiger partial charge in [-0.2, -0.15) is 10.2 Å².